The van der Waals surface area contributed by atoms with Gasteiger partial charge in [0, 0.05) is 17.5 Å². The Morgan fingerprint density at radius 3 is 3.06 bits per heavy atom. The Bertz CT molecular complexity index is 443. The fourth-order valence-electron chi connectivity index (χ4n) is 3.50. The smallest absolute Gasteiger partial charge is 0.126 e. The molecule has 1 saturated heterocycles. The minimum atomic E-state index is 0.272. The van der Waals surface area contributed by atoms with E-state index in [1.165, 1.54) is 30.5 Å². The molecular formula is C15H21NO. The number of benzene rings is 1. The molecule has 0 radical (unpaired) electrons. The van der Waals surface area contributed by atoms with Gasteiger partial charge >= 0.3 is 0 Å². The van der Waals surface area contributed by atoms with Crippen LogP contribution in [0.4, 0.5) is 0 Å². The molecule has 2 aliphatic rings. The second-order valence-corrected chi connectivity index (χ2v) is 5.58. The second-order valence-electron chi connectivity index (χ2n) is 5.58. The molecule has 0 saturated carbocycles. The van der Waals surface area contributed by atoms with Crippen LogP contribution in [0.1, 0.15) is 30.9 Å². The lowest BCUT2D eigenvalue weighted by Crippen LogP contribution is -2.51. The highest BCUT2D eigenvalue weighted by molar-refractivity contribution is 5.50. The van der Waals surface area contributed by atoms with Gasteiger partial charge in [-0.2, -0.15) is 0 Å². The van der Waals surface area contributed by atoms with Crippen LogP contribution in [0.2, 0.25) is 0 Å². The zero-order chi connectivity index (χ0) is 12.0. The van der Waals surface area contributed by atoms with E-state index in [-0.39, 0.29) is 5.41 Å². The van der Waals surface area contributed by atoms with Gasteiger partial charge in [-0.05, 0) is 38.9 Å². The fourth-order valence-corrected chi connectivity index (χ4v) is 3.50. The number of nitrogens with zero attached hydrogens (tertiary/aromatic N) is 1. The van der Waals surface area contributed by atoms with Crippen LogP contribution in [0.25, 0.3) is 0 Å². The molecule has 2 aliphatic heterocycles. The fraction of sp³-hybridized carbons (Fsp3) is 0.600. The molecule has 0 N–H and O–H groups in total. The van der Waals surface area contributed by atoms with E-state index >= 15 is 0 Å². The SMILES string of the molecule is CCC12CCN(C)CC1Oc1c(C)cccc12. The van der Waals surface area contributed by atoms with Crippen LogP contribution in [0.3, 0.4) is 0 Å². The van der Waals surface area contributed by atoms with Crippen molar-refractivity contribution in [3.63, 3.8) is 0 Å². The molecule has 1 aromatic carbocycles. The maximum absolute atomic E-state index is 6.26. The molecule has 2 unspecified atom stereocenters. The average Bonchev–Trinajstić information content (AvgIpc) is 2.65. The summed E-state index contributed by atoms with van der Waals surface area (Å²) in [5.74, 6) is 1.16. The van der Waals surface area contributed by atoms with Crippen molar-refractivity contribution >= 4 is 0 Å². The molecule has 2 nitrogen and oxygen atoms in total. The molecule has 0 aliphatic carbocycles. The van der Waals surface area contributed by atoms with E-state index in [9.17, 15) is 0 Å². The number of hydrogen-bond acceptors (Lipinski definition) is 2. The predicted octanol–water partition coefficient (Wildman–Crippen LogP) is 2.74. The first-order valence-corrected chi connectivity index (χ1v) is 6.62. The van der Waals surface area contributed by atoms with E-state index in [2.05, 4.69) is 44.0 Å². The van der Waals surface area contributed by atoms with Gasteiger partial charge < -0.3 is 9.64 Å². The molecule has 0 spiro atoms. The van der Waals surface area contributed by atoms with E-state index in [0.29, 0.717) is 6.10 Å². The summed E-state index contributed by atoms with van der Waals surface area (Å²) < 4.78 is 6.26. The van der Waals surface area contributed by atoms with Gasteiger partial charge in [0.2, 0.25) is 0 Å². The first kappa shape index (κ1) is 11.1. The highest BCUT2D eigenvalue weighted by Crippen LogP contribution is 2.50. The summed E-state index contributed by atoms with van der Waals surface area (Å²) >= 11 is 0. The number of hydrogen-bond donors (Lipinski definition) is 0. The van der Waals surface area contributed by atoms with Crippen molar-refractivity contribution < 1.29 is 4.74 Å². The zero-order valence-electron chi connectivity index (χ0n) is 11.0. The van der Waals surface area contributed by atoms with Crippen molar-refractivity contribution in [2.45, 2.75) is 38.2 Å². The maximum Gasteiger partial charge on any atom is 0.126 e. The maximum atomic E-state index is 6.26. The van der Waals surface area contributed by atoms with Gasteiger partial charge in [0.25, 0.3) is 0 Å². The molecule has 2 heteroatoms. The lowest BCUT2D eigenvalue weighted by atomic mass is 9.70. The van der Waals surface area contributed by atoms with E-state index in [1.54, 1.807) is 0 Å². The van der Waals surface area contributed by atoms with Crippen LogP contribution in [-0.2, 0) is 5.41 Å². The van der Waals surface area contributed by atoms with E-state index in [1.807, 2.05) is 0 Å². The van der Waals surface area contributed by atoms with Gasteiger partial charge in [-0.25, -0.2) is 0 Å². The Morgan fingerprint density at radius 2 is 2.29 bits per heavy atom. The first-order valence-electron chi connectivity index (χ1n) is 6.62. The molecule has 0 amide bonds. The van der Waals surface area contributed by atoms with Crippen molar-refractivity contribution in [3.8, 4) is 5.75 Å². The molecule has 2 heterocycles. The number of para-hydroxylation sites is 1. The van der Waals surface area contributed by atoms with Crippen LogP contribution in [-0.4, -0.2) is 31.1 Å². The largest absolute Gasteiger partial charge is 0.488 e. The standard InChI is InChI=1S/C15H21NO/c1-4-15-8-9-16(3)10-13(15)17-14-11(2)6-5-7-12(14)15/h5-7,13H,4,8-10H2,1-3H3. The number of piperidine rings is 1. The van der Waals surface area contributed by atoms with Crippen LogP contribution in [0, 0.1) is 6.92 Å². The minimum Gasteiger partial charge on any atom is -0.488 e. The summed E-state index contributed by atoms with van der Waals surface area (Å²) in [4.78, 5) is 2.39. The van der Waals surface area contributed by atoms with Crippen molar-refractivity contribution in [3.05, 3.63) is 29.3 Å². The number of ether oxygens (including phenoxy) is 1. The molecular weight excluding hydrogens is 210 g/mol. The van der Waals surface area contributed by atoms with Gasteiger partial charge in [0.1, 0.15) is 11.9 Å². The Labute approximate surface area is 104 Å². The van der Waals surface area contributed by atoms with Gasteiger partial charge in [0.05, 0.1) is 0 Å². The summed E-state index contributed by atoms with van der Waals surface area (Å²) in [7, 11) is 2.19. The molecule has 1 aromatic rings. The van der Waals surface area contributed by atoms with Gasteiger partial charge in [-0.3, -0.25) is 0 Å². The van der Waals surface area contributed by atoms with Crippen LogP contribution in [0.5, 0.6) is 5.75 Å². The summed E-state index contributed by atoms with van der Waals surface area (Å²) in [5.41, 5.74) is 3.01. The normalized spacial score (nSPS) is 31.8. The Hall–Kier alpha value is -1.02. The average molecular weight is 231 g/mol. The molecule has 0 aromatic heterocycles. The van der Waals surface area contributed by atoms with Gasteiger partial charge in [-0.15, -0.1) is 0 Å². The van der Waals surface area contributed by atoms with Crippen LogP contribution in [0.15, 0.2) is 18.2 Å². The highest BCUT2D eigenvalue weighted by atomic mass is 16.5. The predicted molar refractivity (Wildman–Crippen MR) is 69.7 cm³/mol. The number of rotatable bonds is 1. The Balaban J connectivity index is 2.10. The number of fused-ring (bicyclic) bond motifs is 3. The quantitative estimate of drug-likeness (QED) is 0.737. The van der Waals surface area contributed by atoms with E-state index < -0.39 is 0 Å². The summed E-state index contributed by atoms with van der Waals surface area (Å²) in [6.45, 7) is 6.70. The van der Waals surface area contributed by atoms with Crippen molar-refractivity contribution in [2.24, 2.45) is 0 Å². The lowest BCUT2D eigenvalue weighted by Gasteiger charge is -2.41. The van der Waals surface area contributed by atoms with Crippen LogP contribution < -0.4 is 4.74 Å². The monoisotopic (exact) mass is 231 g/mol. The first-order chi connectivity index (χ1) is 8.17. The summed E-state index contributed by atoms with van der Waals surface area (Å²) in [6.07, 6.45) is 2.76. The summed E-state index contributed by atoms with van der Waals surface area (Å²) in [6, 6.07) is 6.61. The lowest BCUT2D eigenvalue weighted by molar-refractivity contribution is 0.0525. The topological polar surface area (TPSA) is 12.5 Å². The molecule has 1 fully saturated rings. The van der Waals surface area contributed by atoms with Gasteiger partial charge in [0.15, 0.2) is 0 Å². The second kappa shape index (κ2) is 3.74. The third kappa shape index (κ3) is 1.43. The summed E-state index contributed by atoms with van der Waals surface area (Å²) in [5, 5.41) is 0. The highest BCUT2D eigenvalue weighted by Gasteiger charge is 2.50. The van der Waals surface area contributed by atoms with Crippen molar-refractivity contribution in [2.75, 3.05) is 20.1 Å². The van der Waals surface area contributed by atoms with Gasteiger partial charge in [-0.1, -0.05) is 25.1 Å². The molecule has 3 rings (SSSR count). The van der Waals surface area contributed by atoms with E-state index in [4.69, 9.17) is 4.74 Å². The Morgan fingerprint density at radius 1 is 1.47 bits per heavy atom. The molecule has 17 heavy (non-hydrogen) atoms. The number of likely N-dealkylation sites (tertiary alicyclic amines) is 1. The number of aryl methyl sites for hydroxylation is 1. The van der Waals surface area contributed by atoms with Crippen molar-refractivity contribution in [1.29, 1.82) is 0 Å². The molecule has 0 bridgehead atoms. The minimum absolute atomic E-state index is 0.272. The van der Waals surface area contributed by atoms with Crippen LogP contribution >= 0.6 is 0 Å². The molecule has 2 atom stereocenters. The third-order valence-electron chi connectivity index (χ3n) is 4.67. The molecule has 92 valence electrons. The third-order valence-corrected chi connectivity index (χ3v) is 4.67. The van der Waals surface area contributed by atoms with Crippen molar-refractivity contribution in [1.82, 2.24) is 4.90 Å². The Kier molecular flexibility index (Phi) is 2.44. The van der Waals surface area contributed by atoms with E-state index in [0.717, 1.165) is 12.3 Å². The zero-order valence-corrected chi connectivity index (χ0v) is 11.0. The number of likely N-dealkylation sites (N-methyl/N-ethyl adjacent to an activating group) is 1.